The van der Waals surface area contributed by atoms with Crippen molar-refractivity contribution in [2.24, 2.45) is 0 Å². The quantitative estimate of drug-likeness (QED) is 0.811. The molecule has 102 valence electrons. The maximum atomic E-state index is 9.50. The van der Waals surface area contributed by atoms with E-state index in [-0.39, 0.29) is 11.8 Å². The van der Waals surface area contributed by atoms with Gasteiger partial charge in [-0.2, -0.15) is 5.26 Å². The highest BCUT2D eigenvalue weighted by atomic mass is 35.5. The van der Waals surface area contributed by atoms with Crippen molar-refractivity contribution in [2.75, 3.05) is 7.11 Å². The maximum absolute atomic E-state index is 9.50. The standard InChI is InChI=1S/C17H16ClNO/c1-12(13-6-4-3-5-7-13)15(11-19)14-8-9-17(20-2)16(18)10-14/h3-10,12,15H,1-2H3. The third kappa shape index (κ3) is 2.95. The molecule has 0 aliphatic heterocycles. The van der Waals surface area contributed by atoms with Crippen molar-refractivity contribution >= 4 is 11.6 Å². The number of nitrogens with zero attached hydrogens (tertiary/aromatic N) is 1. The fourth-order valence-electron chi connectivity index (χ4n) is 2.30. The van der Waals surface area contributed by atoms with E-state index in [0.717, 1.165) is 11.1 Å². The molecule has 3 heteroatoms. The van der Waals surface area contributed by atoms with E-state index < -0.39 is 0 Å². The van der Waals surface area contributed by atoms with Gasteiger partial charge in [0.15, 0.2) is 0 Å². The molecule has 20 heavy (non-hydrogen) atoms. The Morgan fingerprint density at radius 1 is 1.10 bits per heavy atom. The average Bonchev–Trinajstić information content (AvgIpc) is 2.49. The zero-order chi connectivity index (χ0) is 14.5. The first-order chi connectivity index (χ1) is 9.67. The molecule has 2 unspecified atom stereocenters. The van der Waals surface area contributed by atoms with Crippen LogP contribution in [0, 0.1) is 11.3 Å². The van der Waals surface area contributed by atoms with Gasteiger partial charge in [0.05, 0.1) is 24.1 Å². The van der Waals surface area contributed by atoms with Crippen LogP contribution in [0.3, 0.4) is 0 Å². The predicted octanol–water partition coefficient (Wildman–Crippen LogP) is 4.76. The molecule has 0 spiro atoms. The van der Waals surface area contributed by atoms with Gasteiger partial charge in [0.1, 0.15) is 5.75 Å². The third-order valence-electron chi connectivity index (χ3n) is 3.50. The Morgan fingerprint density at radius 3 is 2.35 bits per heavy atom. The topological polar surface area (TPSA) is 33.0 Å². The highest BCUT2D eigenvalue weighted by Gasteiger charge is 2.21. The van der Waals surface area contributed by atoms with Gasteiger partial charge in [-0.1, -0.05) is 54.9 Å². The van der Waals surface area contributed by atoms with E-state index in [2.05, 4.69) is 13.0 Å². The Kier molecular flexibility index (Phi) is 4.65. The van der Waals surface area contributed by atoms with Gasteiger partial charge >= 0.3 is 0 Å². The van der Waals surface area contributed by atoms with Gasteiger partial charge in [-0.25, -0.2) is 0 Å². The molecule has 0 radical (unpaired) electrons. The van der Waals surface area contributed by atoms with Gasteiger partial charge in [0, 0.05) is 5.92 Å². The average molecular weight is 286 g/mol. The lowest BCUT2D eigenvalue weighted by Crippen LogP contribution is -2.06. The lowest BCUT2D eigenvalue weighted by Gasteiger charge is -2.19. The molecule has 0 saturated carbocycles. The zero-order valence-corrected chi connectivity index (χ0v) is 12.3. The molecular formula is C17H16ClNO. The molecule has 0 amide bonds. The van der Waals surface area contributed by atoms with E-state index in [1.54, 1.807) is 13.2 Å². The smallest absolute Gasteiger partial charge is 0.137 e. The van der Waals surface area contributed by atoms with E-state index >= 15 is 0 Å². The molecule has 2 nitrogen and oxygen atoms in total. The molecule has 0 aliphatic rings. The molecule has 0 bridgehead atoms. The predicted molar refractivity (Wildman–Crippen MR) is 81.2 cm³/mol. The van der Waals surface area contributed by atoms with Gasteiger partial charge in [-0.05, 0) is 23.3 Å². The van der Waals surface area contributed by atoms with Crippen molar-refractivity contribution in [3.05, 3.63) is 64.7 Å². The summed E-state index contributed by atoms with van der Waals surface area (Å²) < 4.78 is 5.14. The maximum Gasteiger partial charge on any atom is 0.137 e. The molecular weight excluding hydrogens is 270 g/mol. The monoisotopic (exact) mass is 285 g/mol. The van der Waals surface area contributed by atoms with E-state index in [4.69, 9.17) is 16.3 Å². The Balaban J connectivity index is 2.34. The number of hydrogen-bond donors (Lipinski definition) is 0. The van der Waals surface area contributed by atoms with Crippen LogP contribution in [0.15, 0.2) is 48.5 Å². The molecule has 2 aromatic carbocycles. The molecule has 0 fully saturated rings. The first kappa shape index (κ1) is 14.4. The van der Waals surface area contributed by atoms with E-state index in [9.17, 15) is 5.26 Å². The molecule has 0 aliphatic carbocycles. The summed E-state index contributed by atoms with van der Waals surface area (Å²) in [6, 6.07) is 17.9. The molecule has 0 N–H and O–H groups in total. The van der Waals surface area contributed by atoms with Crippen molar-refractivity contribution < 1.29 is 4.74 Å². The third-order valence-corrected chi connectivity index (χ3v) is 3.79. The van der Waals surface area contributed by atoms with Crippen molar-refractivity contribution in [1.82, 2.24) is 0 Å². The van der Waals surface area contributed by atoms with Crippen LogP contribution in [-0.4, -0.2) is 7.11 Å². The summed E-state index contributed by atoms with van der Waals surface area (Å²) in [7, 11) is 1.58. The van der Waals surface area contributed by atoms with Crippen molar-refractivity contribution in [3.8, 4) is 11.8 Å². The summed E-state index contributed by atoms with van der Waals surface area (Å²) in [6.07, 6.45) is 0. The number of ether oxygens (including phenoxy) is 1. The molecule has 2 rings (SSSR count). The molecule has 0 saturated heterocycles. The summed E-state index contributed by atoms with van der Waals surface area (Å²) in [6.45, 7) is 2.06. The minimum Gasteiger partial charge on any atom is -0.495 e. The lowest BCUT2D eigenvalue weighted by molar-refractivity contribution is 0.415. The van der Waals surface area contributed by atoms with Crippen LogP contribution in [0.4, 0.5) is 0 Å². The number of nitriles is 1. The summed E-state index contributed by atoms with van der Waals surface area (Å²) in [5.41, 5.74) is 2.06. The number of methoxy groups -OCH3 is 1. The second-order valence-corrected chi connectivity index (χ2v) is 5.11. The second-order valence-electron chi connectivity index (χ2n) is 4.70. The zero-order valence-electron chi connectivity index (χ0n) is 11.5. The van der Waals surface area contributed by atoms with Gasteiger partial charge in [-0.15, -0.1) is 0 Å². The second kappa shape index (κ2) is 6.45. The van der Waals surface area contributed by atoms with Crippen LogP contribution in [0.2, 0.25) is 5.02 Å². The minimum absolute atomic E-state index is 0.102. The van der Waals surface area contributed by atoms with Gasteiger partial charge in [0.2, 0.25) is 0 Å². The number of rotatable bonds is 4. The normalized spacial score (nSPS) is 13.3. The molecule has 0 heterocycles. The fourth-order valence-corrected chi connectivity index (χ4v) is 2.57. The Morgan fingerprint density at radius 2 is 1.80 bits per heavy atom. The SMILES string of the molecule is COc1ccc(C(C#N)C(C)c2ccccc2)cc1Cl. The minimum atomic E-state index is -0.235. The van der Waals surface area contributed by atoms with E-state index in [1.165, 1.54) is 0 Å². The molecule has 0 aromatic heterocycles. The highest BCUT2D eigenvalue weighted by Crippen LogP contribution is 2.35. The molecule has 2 aromatic rings. The van der Waals surface area contributed by atoms with Gasteiger partial charge in [-0.3, -0.25) is 0 Å². The highest BCUT2D eigenvalue weighted by molar-refractivity contribution is 6.32. The van der Waals surface area contributed by atoms with Crippen LogP contribution in [0.25, 0.3) is 0 Å². The summed E-state index contributed by atoms with van der Waals surface area (Å²) in [4.78, 5) is 0. The van der Waals surface area contributed by atoms with Crippen molar-refractivity contribution in [1.29, 1.82) is 5.26 Å². The van der Waals surface area contributed by atoms with Crippen molar-refractivity contribution in [2.45, 2.75) is 18.8 Å². The van der Waals surface area contributed by atoms with Gasteiger partial charge < -0.3 is 4.74 Å². The van der Waals surface area contributed by atoms with Crippen LogP contribution in [0.1, 0.15) is 29.9 Å². The van der Waals surface area contributed by atoms with E-state index in [0.29, 0.717) is 10.8 Å². The number of hydrogen-bond acceptors (Lipinski definition) is 2. The first-order valence-corrected chi connectivity index (χ1v) is 6.83. The Hall–Kier alpha value is -1.98. The summed E-state index contributed by atoms with van der Waals surface area (Å²) in [5, 5.41) is 10.0. The first-order valence-electron chi connectivity index (χ1n) is 6.45. The van der Waals surface area contributed by atoms with Crippen LogP contribution in [0.5, 0.6) is 5.75 Å². The van der Waals surface area contributed by atoms with Crippen molar-refractivity contribution in [3.63, 3.8) is 0 Å². The van der Waals surface area contributed by atoms with Crippen LogP contribution < -0.4 is 4.74 Å². The molecule has 2 atom stereocenters. The summed E-state index contributed by atoms with van der Waals surface area (Å²) >= 11 is 6.15. The largest absolute Gasteiger partial charge is 0.495 e. The number of halogens is 1. The fraction of sp³-hybridized carbons (Fsp3) is 0.235. The van der Waals surface area contributed by atoms with Crippen LogP contribution in [-0.2, 0) is 0 Å². The lowest BCUT2D eigenvalue weighted by atomic mass is 9.84. The summed E-state index contributed by atoms with van der Waals surface area (Å²) in [5.74, 6) is 0.492. The van der Waals surface area contributed by atoms with E-state index in [1.807, 2.05) is 42.5 Å². The van der Waals surface area contributed by atoms with Crippen LogP contribution >= 0.6 is 11.6 Å². The Bertz CT molecular complexity index is 619. The number of benzene rings is 2. The van der Waals surface area contributed by atoms with Gasteiger partial charge in [0.25, 0.3) is 0 Å². The Labute approximate surface area is 124 Å².